The first-order valence-corrected chi connectivity index (χ1v) is 3.02. The van der Waals surface area contributed by atoms with E-state index >= 15 is 0 Å². The third-order valence-electron chi connectivity index (χ3n) is 1.45. The van der Waals surface area contributed by atoms with Crippen molar-refractivity contribution in [1.82, 2.24) is 0 Å². The first-order chi connectivity index (χ1) is 3.93. The Morgan fingerprint density at radius 3 is 2.75 bits per heavy atom. The smallest absolute Gasteiger partial charge is 0.0465 e. The Morgan fingerprint density at radius 2 is 2.38 bits per heavy atom. The van der Waals surface area contributed by atoms with Gasteiger partial charge in [0.25, 0.3) is 0 Å². The average Bonchev–Trinajstić information content (AvgIpc) is 1.90. The third-order valence-corrected chi connectivity index (χ3v) is 1.45. The van der Waals surface area contributed by atoms with E-state index in [0.717, 1.165) is 12.8 Å². The molecule has 0 aromatic rings. The maximum absolute atomic E-state index is 8.63. The molecule has 8 heavy (non-hydrogen) atoms. The monoisotopic (exact) mass is 111 g/mol. The van der Waals surface area contributed by atoms with E-state index in [4.69, 9.17) is 5.11 Å². The van der Waals surface area contributed by atoms with Crippen molar-refractivity contribution in [1.29, 1.82) is 0 Å². The largest absolute Gasteiger partial charge is 0.396 e. The molecule has 0 aromatic carbocycles. The van der Waals surface area contributed by atoms with Gasteiger partial charge in [0.15, 0.2) is 0 Å². The van der Waals surface area contributed by atoms with E-state index in [1.807, 2.05) is 0 Å². The summed E-state index contributed by atoms with van der Waals surface area (Å²) in [5.41, 5.74) is 0. The predicted octanol–water partition coefficient (Wildman–Crippen LogP) is 1.15. The Labute approximate surface area is 50.0 Å². The Bertz CT molecular complexity index is 86.4. The molecule has 1 rings (SSSR count). The summed E-state index contributed by atoms with van der Waals surface area (Å²) in [6, 6.07) is 0. The minimum absolute atomic E-state index is 0.310. The van der Waals surface area contributed by atoms with Crippen molar-refractivity contribution >= 4 is 0 Å². The highest BCUT2D eigenvalue weighted by Gasteiger charge is 2.06. The van der Waals surface area contributed by atoms with Gasteiger partial charge in [-0.05, 0) is 25.2 Å². The Kier molecular flexibility index (Phi) is 2.10. The molecule has 0 aliphatic heterocycles. The van der Waals surface area contributed by atoms with Gasteiger partial charge in [0.05, 0.1) is 0 Å². The maximum atomic E-state index is 8.63. The molecule has 0 heterocycles. The number of aliphatic hydroxyl groups excluding tert-OH is 1. The Morgan fingerprint density at radius 1 is 1.50 bits per heavy atom. The fourth-order valence-electron chi connectivity index (χ4n) is 0.884. The van der Waals surface area contributed by atoms with E-state index in [1.54, 1.807) is 0 Å². The van der Waals surface area contributed by atoms with Crippen molar-refractivity contribution in [3.63, 3.8) is 0 Å². The molecule has 1 atom stereocenters. The highest BCUT2D eigenvalue weighted by Crippen LogP contribution is 2.15. The van der Waals surface area contributed by atoms with Gasteiger partial charge in [-0.1, -0.05) is 12.2 Å². The van der Waals surface area contributed by atoms with Crippen LogP contribution in [0.5, 0.6) is 0 Å². The summed E-state index contributed by atoms with van der Waals surface area (Å²) >= 11 is 0. The highest BCUT2D eigenvalue weighted by molar-refractivity contribution is 4.98. The molecule has 1 aliphatic rings. The van der Waals surface area contributed by atoms with Crippen LogP contribution in [0.3, 0.4) is 0 Å². The predicted molar refractivity (Wildman–Crippen MR) is 33.2 cm³/mol. The summed E-state index contributed by atoms with van der Waals surface area (Å²) in [5, 5.41) is 8.63. The van der Waals surface area contributed by atoms with Crippen LogP contribution in [-0.2, 0) is 0 Å². The number of aliphatic hydroxyl groups is 1. The molecule has 0 amide bonds. The van der Waals surface area contributed by atoms with Crippen molar-refractivity contribution in [2.45, 2.75) is 12.8 Å². The SMILES string of the molecule is OCC1[CH]CC=CC1. The Hall–Kier alpha value is -0.300. The Balaban J connectivity index is 2.27. The van der Waals surface area contributed by atoms with Crippen LogP contribution < -0.4 is 0 Å². The molecule has 0 spiro atoms. The van der Waals surface area contributed by atoms with Crippen LogP contribution in [-0.4, -0.2) is 11.7 Å². The van der Waals surface area contributed by atoms with E-state index in [2.05, 4.69) is 18.6 Å². The zero-order valence-electron chi connectivity index (χ0n) is 4.88. The van der Waals surface area contributed by atoms with Gasteiger partial charge in [-0.25, -0.2) is 0 Å². The maximum Gasteiger partial charge on any atom is 0.0465 e. The lowest BCUT2D eigenvalue weighted by atomic mass is 9.96. The number of hydrogen-bond acceptors (Lipinski definition) is 1. The summed E-state index contributed by atoms with van der Waals surface area (Å²) in [5.74, 6) is 0.431. The van der Waals surface area contributed by atoms with E-state index in [9.17, 15) is 0 Å². The van der Waals surface area contributed by atoms with E-state index in [-0.39, 0.29) is 0 Å². The molecule has 0 fully saturated rings. The first-order valence-electron chi connectivity index (χ1n) is 3.02. The molecule has 1 radical (unpaired) electrons. The molecule has 0 aromatic heterocycles. The van der Waals surface area contributed by atoms with Crippen molar-refractivity contribution in [2.75, 3.05) is 6.61 Å². The minimum Gasteiger partial charge on any atom is -0.396 e. The second kappa shape index (κ2) is 2.88. The van der Waals surface area contributed by atoms with Crippen LogP contribution >= 0.6 is 0 Å². The normalized spacial score (nSPS) is 28.4. The molecule has 1 N–H and O–H groups in total. The van der Waals surface area contributed by atoms with Gasteiger partial charge in [-0.15, -0.1) is 0 Å². The molecule has 0 bridgehead atoms. The molecule has 1 heteroatoms. The van der Waals surface area contributed by atoms with Crippen LogP contribution in [0.2, 0.25) is 0 Å². The van der Waals surface area contributed by atoms with Crippen molar-refractivity contribution in [2.24, 2.45) is 5.92 Å². The molecule has 1 nitrogen and oxygen atoms in total. The third kappa shape index (κ3) is 1.34. The fourth-order valence-corrected chi connectivity index (χ4v) is 0.884. The average molecular weight is 111 g/mol. The van der Waals surface area contributed by atoms with Crippen LogP contribution in [0.4, 0.5) is 0 Å². The molecule has 0 saturated carbocycles. The van der Waals surface area contributed by atoms with Gasteiger partial charge in [0.2, 0.25) is 0 Å². The second-order valence-corrected chi connectivity index (χ2v) is 2.12. The lowest BCUT2D eigenvalue weighted by Crippen LogP contribution is -2.07. The molecule has 1 unspecified atom stereocenters. The standard InChI is InChI=1S/C7H11O/c8-6-7-4-2-1-3-5-7/h1-2,5,7-8H,3-4,6H2. The first kappa shape index (κ1) is 5.83. The van der Waals surface area contributed by atoms with Gasteiger partial charge < -0.3 is 5.11 Å². The van der Waals surface area contributed by atoms with Gasteiger partial charge >= 0.3 is 0 Å². The summed E-state index contributed by atoms with van der Waals surface area (Å²) in [6.45, 7) is 0.310. The minimum atomic E-state index is 0.310. The molecule has 0 saturated heterocycles. The summed E-state index contributed by atoms with van der Waals surface area (Å²) in [4.78, 5) is 0. The van der Waals surface area contributed by atoms with Gasteiger partial charge in [0, 0.05) is 6.61 Å². The quantitative estimate of drug-likeness (QED) is 0.503. The zero-order valence-corrected chi connectivity index (χ0v) is 4.88. The number of allylic oxidation sites excluding steroid dienone is 2. The lowest BCUT2D eigenvalue weighted by Gasteiger charge is -2.12. The van der Waals surface area contributed by atoms with Crippen molar-refractivity contribution in [3.8, 4) is 0 Å². The summed E-state index contributed by atoms with van der Waals surface area (Å²) in [6.07, 6.45) is 8.47. The van der Waals surface area contributed by atoms with Crippen molar-refractivity contribution in [3.05, 3.63) is 18.6 Å². The van der Waals surface area contributed by atoms with E-state index in [1.165, 1.54) is 0 Å². The second-order valence-electron chi connectivity index (χ2n) is 2.12. The molecule has 1 aliphatic carbocycles. The van der Waals surface area contributed by atoms with E-state index < -0.39 is 0 Å². The number of rotatable bonds is 1. The topological polar surface area (TPSA) is 20.2 Å². The highest BCUT2D eigenvalue weighted by atomic mass is 16.3. The van der Waals surface area contributed by atoms with Crippen molar-refractivity contribution < 1.29 is 5.11 Å². The van der Waals surface area contributed by atoms with Crippen LogP contribution in [0.15, 0.2) is 12.2 Å². The molecule has 45 valence electrons. The van der Waals surface area contributed by atoms with Gasteiger partial charge in [-0.3, -0.25) is 0 Å². The molecular weight excluding hydrogens is 100 g/mol. The van der Waals surface area contributed by atoms with Gasteiger partial charge in [0.1, 0.15) is 0 Å². The number of hydrogen-bond donors (Lipinski definition) is 1. The van der Waals surface area contributed by atoms with E-state index in [0.29, 0.717) is 12.5 Å². The summed E-state index contributed by atoms with van der Waals surface area (Å²) in [7, 11) is 0. The van der Waals surface area contributed by atoms with Crippen LogP contribution in [0.25, 0.3) is 0 Å². The van der Waals surface area contributed by atoms with Gasteiger partial charge in [-0.2, -0.15) is 0 Å². The van der Waals surface area contributed by atoms with Crippen LogP contribution in [0, 0.1) is 12.3 Å². The zero-order chi connectivity index (χ0) is 5.82. The summed E-state index contributed by atoms with van der Waals surface area (Å²) < 4.78 is 0. The van der Waals surface area contributed by atoms with Crippen LogP contribution in [0.1, 0.15) is 12.8 Å². The fraction of sp³-hybridized carbons (Fsp3) is 0.571. The lowest BCUT2D eigenvalue weighted by molar-refractivity contribution is 0.242. The molecular formula is C7H11O.